The predicted octanol–water partition coefficient (Wildman–Crippen LogP) is 17.2. The molecule has 10 aromatic carbocycles. The molecule has 2 aromatic heterocycles. The fourth-order valence-electron chi connectivity index (χ4n) is 10.2. The number of hydrogen-bond donors (Lipinski definition) is 0. The molecule has 13 rings (SSSR count). The van der Waals surface area contributed by atoms with Crippen LogP contribution in [0.2, 0.25) is 0 Å². The zero-order chi connectivity index (χ0) is 42.1. The molecule has 0 aliphatic heterocycles. The maximum absolute atomic E-state index is 2.50. The Balaban J connectivity index is 1.04. The molecule has 1 aliphatic rings. The van der Waals surface area contributed by atoms with Gasteiger partial charge in [0, 0.05) is 48.0 Å². The Hall–Kier alpha value is -7.98. The van der Waals surface area contributed by atoms with Crippen molar-refractivity contribution in [1.82, 2.24) is 4.57 Å². The fourth-order valence-corrected chi connectivity index (χ4v) is 11.5. The first kappa shape index (κ1) is 36.7. The summed E-state index contributed by atoms with van der Waals surface area (Å²) in [4.78, 5) is 2.50. The van der Waals surface area contributed by atoms with E-state index < -0.39 is 0 Å². The first-order chi connectivity index (χ1) is 31.7. The van der Waals surface area contributed by atoms with Gasteiger partial charge in [0.05, 0.1) is 16.7 Å². The topological polar surface area (TPSA) is 8.17 Å². The van der Waals surface area contributed by atoms with E-state index in [-0.39, 0.29) is 0 Å². The molecule has 0 radical (unpaired) electrons. The summed E-state index contributed by atoms with van der Waals surface area (Å²) in [6, 6.07) is 84.9. The van der Waals surface area contributed by atoms with Gasteiger partial charge in [-0.15, -0.1) is 11.3 Å². The van der Waals surface area contributed by atoms with Gasteiger partial charge in [0.1, 0.15) is 0 Å². The van der Waals surface area contributed by atoms with Crippen LogP contribution in [0, 0.1) is 0 Å². The van der Waals surface area contributed by atoms with Crippen molar-refractivity contribution < 1.29 is 0 Å². The Morgan fingerprint density at radius 1 is 0.375 bits per heavy atom. The van der Waals surface area contributed by atoms with Crippen LogP contribution in [0.4, 0.5) is 17.1 Å². The van der Waals surface area contributed by atoms with Crippen LogP contribution in [0.15, 0.2) is 231 Å². The summed E-state index contributed by atoms with van der Waals surface area (Å²) in [7, 11) is 0. The smallest absolute Gasteiger partial charge is 0.0555 e. The number of para-hydroxylation sites is 2. The number of anilines is 3. The van der Waals surface area contributed by atoms with Crippen LogP contribution in [-0.2, 0) is 6.42 Å². The average Bonchev–Trinajstić information content (AvgIpc) is 4.04. The highest BCUT2D eigenvalue weighted by molar-refractivity contribution is 7.26. The van der Waals surface area contributed by atoms with Gasteiger partial charge in [0.25, 0.3) is 0 Å². The molecule has 0 bridgehead atoms. The van der Waals surface area contributed by atoms with Gasteiger partial charge in [0.15, 0.2) is 0 Å². The number of thiophene rings is 1. The van der Waals surface area contributed by atoms with Crippen molar-refractivity contribution in [3.8, 4) is 50.2 Å². The first-order valence-electron chi connectivity index (χ1n) is 22.0. The van der Waals surface area contributed by atoms with Gasteiger partial charge in [-0.1, -0.05) is 164 Å². The van der Waals surface area contributed by atoms with E-state index in [0.29, 0.717) is 0 Å². The van der Waals surface area contributed by atoms with Crippen molar-refractivity contribution >= 4 is 70.4 Å². The third-order valence-corrected chi connectivity index (χ3v) is 14.4. The van der Waals surface area contributed by atoms with E-state index in [4.69, 9.17) is 0 Å². The van der Waals surface area contributed by atoms with Crippen LogP contribution >= 0.6 is 11.3 Å². The number of fused-ring (bicyclic) bond motifs is 9. The third-order valence-electron chi connectivity index (χ3n) is 13.2. The molecular weight excluding hydrogens is 793 g/mol. The molecule has 0 saturated heterocycles. The van der Waals surface area contributed by atoms with E-state index in [0.717, 1.165) is 29.2 Å². The van der Waals surface area contributed by atoms with Gasteiger partial charge >= 0.3 is 0 Å². The molecule has 0 unspecified atom stereocenters. The molecule has 3 heteroatoms. The number of benzene rings is 10. The molecule has 0 spiro atoms. The van der Waals surface area contributed by atoms with Crippen molar-refractivity contribution in [1.29, 1.82) is 0 Å². The molecule has 0 atom stereocenters. The lowest BCUT2D eigenvalue weighted by Crippen LogP contribution is -2.11. The Kier molecular flexibility index (Phi) is 8.50. The van der Waals surface area contributed by atoms with Crippen molar-refractivity contribution in [2.24, 2.45) is 0 Å². The third kappa shape index (κ3) is 5.93. The highest BCUT2D eigenvalue weighted by Gasteiger charge is 2.25. The van der Waals surface area contributed by atoms with Crippen LogP contribution in [-0.4, -0.2) is 4.57 Å². The Morgan fingerprint density at radius 3 is 1.59 bits per heavy atom. The predicted molar refractivity (Wildman–Crippen MR) is 273 cm³/mol. The number of rotatable bonds is 7. The molecule has 1 aliphatic carbocycles. The molecule has 12 aromatic rings. The van der Waals surface area contributed by atoms with Crippen molar-refractivity contribution in [2.75, 3.05) is 4.90 Å². The molecule has 0 fully saturated rings. The second-order valence-corrected chi connectivity index (χ2v) is 17.9. The second-order valence-electron chi connectivity index (χ2n) is 16.9. The molecule has 2 nitrogen and oxygen atoms in total. The average molecular weight is 833 g/mol. The van der Waals surface area contributed by atoms with Crippen LogP contribution in [0.1, 0.15) is 11.1 Å². The molecule has 0 amide bonds. The summed E-state index contributed by atoms with van der Waals surface area (Å²) in [6.45, 7) is 0. The van der Waals surface area contributed by atoms with E-state index in [1.165, 1.54) is 97.6 Å². The number of hydrogen-bond acceptors (Lipinski definition) is 2. The van der Waals surface area contributed by atoms with E-state index in [2.05, 4.69) is 240 Å². The van der Waals surface area contributed by atoms with Gasteiger partial charge < -0.3 is 9.47 Å². The van der Waals surface area contributed by atoms with Gasteiger partial charge in [-0.25, -0.2) is 0 Å². The summed E-state index contributed by atoms with van der Waals surface area (Å²) < 4.78 is 4.97. The maximum Gasteiger partial charge on any atom is 0.0555 e. The fraction of sp³-hybridized carbons (Fsp3) is 0.0164. The van der Waals surface area contributed by atoms with E-state index >= 15 is 0 Å². The van der Waals surface area contributed by atoms with Gasteiger partial charge in [0.2, 0.25) is 0 Å². The largest absolute Gasteiger partial charge is 0.310 e. The van der Waals surface area contributed by atoms with E-state index in [9.17, 15) is 0 Å². The van der Waals surface area contributed by atoms with Crippen LogP contribution in [0.25, 0.3) is 92.2 Å². The van der Waals surface area contributed by atoms with Crippen molar-refractivity contribution in [3.63, 3.8) is 0 Å². The van der Waals surface area contributed by atoms with Crippen molar-refractivity contribution in [2.45, 2.75) is 6.42 Å². The molecule has 64 heavy (non-hydrogen) atoms. The SMILES string of the molecule is c1ccc(-c2ccc3c(c2)-c2cc(N(c4ccc(-n5c6ccccc6c6ccccc65)cc4)c4ccc(-c5ccccc5)c5sc6cc(-c7ccccc7)ccc6c45)ccc2C3)cc1. The summed E-state index contributed by atoms with van der Waals surface area (Å²) in [5.74, 6) is 0. The van der Waals surface area contributed by atoms with E-state index in [1.807, 2.05) is 11.3 Å². The minimum Gasteiger partial charge on any atom is -0.310 e. The molecule has 2 heterocycles. The molecule has 300 valence electrons. The first-order valence-corrected chi connectivity index (χ1v) is 22.9. The highest BCUT2D eigenvalue weighted by Crippen LogP contribution is 2.50. The van der Waals surface area contributed by atoms with Crippen LogP contribution < -0.4 is 4.90 Å². The minimum atomic E-state index is 0.933. The van der Waals surface area contributed by atoms with Gasteiger partial charge in [-0.2, -0.15) is 0 Å². The van der Waals surface area contributed by atoms with Gasteiger partial charge in [-0.3, -0.25) is 0 Å². The standard InChI is InChI=1S/C61H40N2S/c1-4-14-40(15-5-1)43-24-25-45-36-46-26-28-49(39-55(46)54(45)37-43)62(47-29-31-48(32-30-47)63-56-22-12-10-20-51(56)52-21-11-13-23-57(52)63)58-35-34-50(42-18-8-3-9-19-42)61-60(58)53-33-27-44(38-59(53)64-61)41-16-6-2-7-17-41/h1-35,37-39H,36H2. The van der Waals surface area contributed by atoms with Crippen molar-refractivity contribution in [3.05, 3.63) is 242 Å². The van der Waals surface area contributed by atoms with Crippen LogP contribution in [0.5, 0.6) is 0 Å². The lowest BCUT2D eigenvalue weighted by Gasteiger charge is -2.28. The number of aromatic nitrogens is 1. The Morgan fingerprint density at radius 2 is 0.922 bits per heavy atom. The highest BCUT2D eigenvalue weighted by atomic mass is 32.1. The Bertz CT molecular complexity index is 3680. The maximum atomic E-state index is 2.50. The Labute approximate surface area is 376 Å². The second kappa shape index (κ2) is 14.8. The van der Waals surface area contributed by atoms with Crippen LogP contribution in [0.3, 0.4) is 0 Å². The quantitative estimate of drug-likeness (QED) is 0.155. The summed E-state index contributed by atoms with van der Waals surface area (Å²) in [5, 5.41) is 5.05. The lowest BCUT2D eigenvalue weighted by atomic mass is 9.97. The minimum absolute atomic E-state index is 0.933. The van der Waals surface area contributed by atoms with E-state index in [1.54, 1.807) is 0 Å². The van der Waals surface area contributed by atoms with Gasteiger partial charge in [-0.05, 0) is 129 Å². The molecule has 0 N–H and O–H groups in total. The summed E-state index contributed by atoms with van der Waals surface area (Å²) in [5.41, 5.74) is 19.7. The monoisotopic (exact) mass is 832 g/mol. The number of nitrogens with zero attached hydrogens (tertiary/aromatic N) is 2. The lowest BCUT2D eigenvalue weighted by molar-refractivity contribution is 1.17. The summed E-state index contributed by atoms with van der Waals surface area (Å²) >= 11 is 1.90. The summed E-state index contributed by atoms with van der Waals surface area (Å²) in [6.07, 6.45) is 0.933. The molecular formula is C61H40N2S. The zero-order valence-electron chi connectivity index (χ0n) is 34.9. The zero-order valence-corrected chi connectivity index (χ0v) is 35.8. The molecule has 0 saturated carbocycles. The normalized spacial score (nSPS) is 12.0.